The Bertz CT molecular complexity index is 932. The van der Waals surface area contributed by atoms with Gasteiger partial charge < -0.3 is 24.6 Å². The first kappa shape index (κ1) is 19.7. The molecule has 0 aliphatic carbocycles. The quantitative estimate of drug-likeness (QED) is 0.779. The van der Waals surface area contributed by atoms with E-state index < -0.39 is 12.2 Å². The van der Waals surface area contributed by atoms with Crippen molar-refractivity contribution in [3.8, 4) is 0 Å². The number of ether oxygens (including phenoxy) is 2. The molecule has 10 heteroatoms. The van der Waals surface area contributed by atoms with Gasteiger partial charge in [-0.15, -0.1) is 11.3 Å². The van der Waals surface area contributed by atoms with Gasteiger partial charge >= 0.3 is 6.09 Å². The SMILES string of the molecule is O=C1NC[C@H](CN(C(=O)c2ccc(Cl)s2)c2ccc(N3CCOCC3=O)cc2)O1. The van der Waals surface area contributed by atoms with E-state index in [2.05, 4.69) is 5.32 Å². The molecule has 3 heterocycles. The molecule has 4 rings (SSSR count). The average molecular weight is 436 g/mol. The van der Waals surface area contributed by atoms with Crippen LogP contribution in [-0.2, 0) is 14.3 Å². The normalized spacial score (nSPS) is 19.1. The van der Waals surface area contributed by atoms with E-state index in [1.54, 1.807) is 46.2 Å². The van der Waals surface area contributed by atoms with Crippen LogP contribution in [0, 0.1) is 0 Å². The molecule has 1 aromatic heterocycles. The van der Waals surface area contributed by atoms with E-state index in [9.17, 15) is 14.4 Å². The second kappa shape index (κ2) is 8.40. The number of benzene rings is 1. The summed E-state index contributed by atoms with van der Waals surface area (Å²) in [5.74, 6) is -0.339. The lowest BCUT2D eigenvalue weighted by Gasteiger charge is -2.28. The van der Waals surface area contributed by atoms with Crippen LogP contribution in [0.3, 0.4) is 0 Å². The molecule has 152 valence electrons. The summed E-state index contributed by atoms with van der Waals surface area (Å²) in [4.78, 5) is 40.2. The Kier molecular flexibility index (Phi) is 5.70. The van der Waals surface area contributed by atoms with E-state index in [0.29, 0.717) is 34.6 Å². The molecule has 0 bridgehead atoms. The Balaban J connectivity index is 1.58. The number of cyclic esters (lactones) is 1. The van der Waals surface area contributed by atoms with E-state index in [1.165, 1.54) is 11.3 Å². The summed E-state index contributed by atoms with van der Waals surface area (Å²) in [6.45, 7) is 1.55. The van der Waals surface area contributed by atoms with Gasteiger partial charge in [0.1, 0.15) is 12.7 Å². The molecule has 1 aromatic carbocycles. The lowest BCUT2D eigenvalue weighted by Crippen LogP contribution is -2.41. The van der Waals surface area contributed by atoms with Crippen molar-refractivity contribution in [2.75, 3.05) is 42.6 Å². The number of nitrogens with one attached hydrogen (secondary N) is 1. The highest BCUT2D eigenvalue weighted by atomic mass is 35.5. The molecule has 0 unspecified atom stereocenters. The largest absolute Gasteiger partial charge is 0.442 e. The minimum atomic E-state index is -0.497. The monoisotopic (exact) mass is 435 g/mol. The number of alkyl carbamates (subject to hydrolysis) is 1. The number of halogens is 1. The lowest BCUT2D eigenvalue weighted by molar-refractivity contribution is -0.125. The van der Waals surface area contributed by atoms with Crippen LogP contribution in [-0.4, -0.2) is 56.9 Å². The zero-order valence-electron chi connectivity index (χ0n) is 15.3. The fourth-order valence-corrected chi connectivity index (χ4v) is 4.20. The maximum atomic E-state index is 13.1. The van der Waals surface area contributed by atoms with Crippen molar-refractivity contribution in [1.29, 1.82) is 0 Å². The van der Waals surface area contributed by atoms with E-state index in [4.69, 9.17) is 21.1 Å². The third-order valence-corrected chi connectivity index (χ3v) is 5.84. The van der Waals surface area contributed by atoms with Crippen LogP contribution in [0.15, 0.2) is 36.4 Å². The lowest BCUT2D eigenvalue weighted by atomic mass is 10.2. The number of amides is 3. The third-order valence-electron chi connectivity index (χ3n) is 4.62. The first-order valence-electron chi connectivity index (χ1n) is 9.01. The zero-order valence-corrected chi connectivity index (χ0v) is 16.9. The number of anilines is 2. The summed E-state index contributed by atoms with van der Waals surface area (Å²) in [6, 6.07) is 10.5. The molecular weight excluding hydrogens is 418 g/mol. The Morgan fingerprint density at radius 3 is 2.66 bits per heavy atom. The Hall–Kier alpha value is -2.62. The van der Waals surface area contributed by atoms with Gasteiger partial charge in [-0.3, -0.25) is 9.59 Å². The Morgan fingerprint density at radius 1 is 1.24 bits per heavy atom. The number of nitrogens with zero attached hydrogens (tertiary/aromatic N) is 2. The maximum Gasteiger partial charge on any atom is 0.407 e. The van der Waals surface area contributed by atoms with E-state index in [-0.39, 0.29) is 25.0 Å². The van der Waals surface area contributed by atoms with Crippen molar-refractivity contribution in [2.24, 2.45) is 0 Å². The molecule has 1 atom stereocenters. The zero-order chi connectivity index (χ0) is 20.4. The van der Waals surface area contributed by atoms with Crippen molar-refractivity contribution >= 4 is 52.2 Å². The van der Waals surface area contributed by atoms with Gasteiger partial charge in [0.2, 0.25) is 0 Å². The van der Waals surface area contributed by atoms with Crippen molar-refractivity contribution in [3.05, 3.63) is 45.6 Å². The number of carbonyl (C=O) groups is 3. The second-order valence-electron chi connectivity index (χ2n) is 6.54. The first-order chi connectivity index (χ1) is 14.0. The summed E-state index contributed by atoms with van der Waals surface area (Å²) in [7, 11) is 0. The Morgan fingerprint density at radius 2 is 2.03 bits per heavy atom. The van der Waals surface area contributed by atoms with Crippen LogP contribution in [0.5, 0.6) is 0 Å². The van der Waals surface area contributed by atoms with E-state index >= 15 is 0 Å². The molecule has 29 heavy (non-hydrogen) atoms. The number of carbonyl (C=O) groups excluding carboxylic acids is 3. The van der Waals surface area contributed by atoms with Crippen LogP contribution < -0.4 is 15.1 Å². The summed E-state index contributed by atoms with van der Waals surface area (Å²) < 4.78 is 10.9. The van der Waals surface area contributed by atoms with Crippen molar-refractivity contribution in [1.82, 2.24) is 5.32 Å². The molecule has 2 saturated heterocycles. The van der Waals surface area contributed by atoms with Crippen LogP contribution in [0.1, 0.15) is 9.67 Å². The Labute approximate surface area is 175 Å². The predicted molar refractivity (Wildman–Crippen MR) is 109 cm³/mol. The molecule has 2 aliphatic rings. The van der Waals surface area contributed by atoms with Crippen LogP contribution >= 0.6 is 22.9 Å². The van der Waals surface area contributed by atoms with E-state index in [0.717, 1.165) is 5.69 Å². The van der Waals surface area contributed by atoms with Gasteiger partial charge in [0, 0.05) is 17.9 Å². The second-order valence-corrected chi connectivity index (χ2v) is 8.26. The van der Waals surface area contributed by atoms with Crippen molar-refractivity contribution in [2.45, 2.75) is 6.10 Å². The van der Waals surface area contributed by atoms with Gasteiger partial charge in [-0.25, -0.2) is 4.79 Å². The van der Waals surface area contributed by atoms with Gasteiger partial charge in [0.25, 0.3) is 11.8 Å². The van der Waals surface area contributed by atoms with Gasteiger partial charge in [0.05, 0.1) is 28.9 Å². The van der Waals surface area contributed by atoms with Crippen LogP contribution in [0.2, 0.25) is 4.34 Å². The van der Waals surface area contributed by atoms with Gasteiger partial charge in [-0.05, 0) is 36.4 Å². The number of morpholine rings is 1. The smallest absolute Gasteiger partial charge is 0.407 e. The van der Waals surface area contributed by atoms with Gasteiger partial charge in [-0.2, -0.15) is 0 Å². The van der Waals surface area contributed by atoms with Gasteiger partial charge in [0.15, 0.2) is 0 Å². The van der Waals surface area contributed by atoms with Crippen LogP contribution in [0.25, 0.3) is 0 Å². The fourth-order valence-electron chi connectivity index (χ4n) is 3.21. The summed E-state index contributed by atoms with van der Waals surface area (Å²) in [5, 5.41) is 2.59. The minimum Gasteiger partial charge on any atom is -0.442 e. The molecule has 1 N–H and O–H groups in total. The predicted octanol–water partition coefficient (Wildman–Crippen LogP) is 2.52. The summed E-state index contributed by atoms with van der Waals surface area (Å²) >= 11 is 7.17. The highest BCUT2D eigenvalue weighted by Gasteiger charge is 2.29. The van der Waals surface area contributed by atoms with Crippen molar-refractivity contribution < 1.29 is 23.9 Å². The molecule has 2 aromatic rings. The van der Waals surface area contributed by atoms with Gasteiger partial charge in [-0.1, -0.05) is 11.6 Å². The molecule has 2 fully saturated rings. The van der Waals surface area contributed by atoms with Crippen molar-refractivity contribution in [3.63, 3.8) is 0 Å². The van der Waals surface area contributed by atoms with Crippen LogP contribution in [0.4, 0.5) is 16.2 Å². The molecule has 2 aliphatic heterocycles. The standard InChI is InChI=1S/C19H18ClN3O5S/c20-16-6-5-15(29-16)18(25)23(10-14-9-21-19(26)28-14)13-3-1-12(2-4-13)22-7-8-27-11-17(22)24/h1-6,14H,7-11H2,(H,21,26)/t14-/m1/s1. The molecule has 3 amide bonds. The van der Waals surface area contributed by atoms with E-state index in [1.807, 2.05) is 0 Å². The highest BCUT2D eigenvalue weighted by molar-refractivity contribution is 7.18. The fraction of sp³-hybridized carbons (Fsp3) is 0.316. The number of hydrogen-bond acceptors (Lipinski definition) is 6. The highest BCUT2D eigenvalue weighted by Crippen LogP contribution is 2.27. The first-order valence-corrected chi connectivity index (χ1v) is 10.2. The topological polar surface area (TPSA) is 88.2 Å². The summed E-state index contributed by atoms with van der Waals surface area (Å²) in [6.07, 6.45) is -0.954. The molecule has 0 saturated carbocycles. The average Bonchev–Trinajstić information content (AvgIpc) is 3.34. The molecule has 0 spiro atoms. The maximum absolute atomic E-state index is 13.1. The molecule has 8 nitrogen and oxygen atoms in total. The third kappa shape index (κ3) is 4.36. The molecular formula is C19H18ClN3O5S. The number of thiophene rings is 1. The number of hydrogen-bond donors (Lipinski definition) is 1. The molecule has 0 radical (unpaired) electrons. The summed E-state index contributed by atoms with van der Waals surface area (Å²) in [5.41, 5.74) is 1.37. The number of rotatable bonds is 5. The minimum absolute atomic E-state index is 0.0611.